The van der Waals surface area contributed by atoms with Gasteiger partial charge in [0.2, 0.25) is 0 Å². The molecule has 0 unspecified atom stereocenters. The first-order chi connectivity index (χ1) is 11.8. The molecule has 2 N–H and O–H groups in total. The molecule has 0 aliphatic rings. The summed E-state index contributed by atoms with van der Waals surface area (Å²) in [5.74, 6) is 0. The summed E-state index contributed by atoms with van der Waals surface area (Å²) in [6.45, 7) is 0.629. The Hall–Kier alpha value is -2.75. The number of aromatic nitrogens is 1. The second kappa shape index (κ2) is 7.68. The second-order valence-corrected chi connectivity index (χ2v) is 6.41. The van der Waals surface area contributed by atoms with Crippen LogP contribution in [0.15, 0.2) is 60.8 Å². The van der Waals surface area contributed by atoms with Crippen LogP contribution >= 0.6 is 23.6 Å². The lowest BCUT2D eigenvalue weighted by molar-refractivity contribution is 0.901. The van der Waals surface area contributed by atoms with Gasteiger partial charge in [0.05, 0.1) is 10.2 Å². The van der Waals surface area contributed by atoms with Crippen LogP contribution < -0.4 is 10.6 Å². The number of thiazole rings is 1. The van der Waals surface area contributed by atoms with Gasteiger partial charge >= 0.3 is 0 Å². The third-order valence-corrected chi connectivity index (χ3v) is 4.62. The van der Waals surface area contributed by atoms with Gasteiger partial charge in [-0.2, -0.15) is 5.26 Å². The molecule has 3 rings (SSSR count). The molecular weight excluding hydrogens is 336 g/mol. The summed E-state index contributed by atoms with van der Waals surface area (Å²) >= 11 is 6.73. The van der Waals surface area contributed by atoms with Gasteiger partial charge < -0.3 is 10.6 Å². The lowest BCUT2D eigenvalue weighted by atomic mass is 10.2. The van der Waals surface area contributed by atoms with Crippen LogP contribution in [0.3, 0.4) is 0 Å². The van der Waals surface area contributed by atoms with Crippen LogP contribution in [0.1, 0.15) is 10.6 Å². The van der Waals surface area contributed by atoms with E-state index in [4.69, 9.17) is 12.2 Å². The average Bonchev–Trinajstić information content (AvgIpc) is 3.05. The number of hydrogen-bond acceptors (Lipinski definition) is 4. The number of rotatable bonds is 4. The summed E-state index contributed by atoms with van der Waals surface area (Å²) in [4.78, 5) is 4.48. The molecular formula is C18H14N4S2. The van der Waals surface area contributed by atoms with E-state index in [1.54, 1.807) is 6.20 Å². The Kier molecular flexibility index (Phi) is 5.16. The van der Waals surface area contributed by atoms with Crippen molar-refractivity contribution in [3.8, 4) is 6.07 Å². The van der Waals surface area contributed by atoms with E-state index >= 15 is 0 Å². The van der Waals surface area contributed by atoms with E-state index in [-0.39, 0.29) is 0 Å². The van der Waals surface area contributed by atoms with Crippen LogP contribution in [0.5, 0.6) is 0 Å². The molecule has 0 aliphatic carbocycles. The number of para-hydroxylation sites is 1. The Balaban J connectivity index is 1.65. The Bertz CT molecular complexity index is 890. The van der Waals surface area contributed by atoms with Crippen molar-refractivity contribution in [2.45, 2.75) is 6.54 Å². The van der Waals surface area contributed by atoms with Crippen molar-refractivity contribution in [3.63, 3.8) is 0 Å². The van der Waals surface area contributed by atoms with Gasteiger partial charge in [0.15, 0.2) is 5.11 Å². The maximum absolute atomic E-state index is 9.37. The van der Waals surface area contributed by atoms with E-state index in [0.29, 0.717) is 22.2 Å². The standard InChI is InChI=1S/C18H14N4S2/c19-10-14(17-22-15-8-4-5-9-16(15)24-17)12-21-18(23)20-11-13-6-2-1-3-7-13/h1-9,12H,11H2,(H2,20,21,23)/b14-12+. The zero-order valence-electron chi connectivity index (χ0n) is 12.7. The van der Waals surface area contributed by atoms with Crippen molar-refractivity contribution < 1.29 is 0 Å². The fraction of sp³-hybridized carbons (Fsp3) is 0.0556. The molecule has 0 spiro atoms. The first-order valence-electron chi connectivity index (χ1n) is 7.31. The minimum atomic E-state index is 0.458. The fourth-order valence-corrected chi connectivity index (χ4v) is 3.16. The van der Waals surface area contributed by atoms with E-state index < -0.39 is 0 Å². The normalized spacial score (nSPS) is 11.0. The number of hydrogen-bond donors (Lipinski definition) is 2. The molecule has 0 saturated heterocycles. The lowest BCUT2D eigenvalue weighted by Gasteiger charge is -2.07. The van der Waals surface area contributed by atoms with Gasteiger partial charge in [-0.1, -0.05) is 42.5 Å². The molecule has 1 heterocycles. The van der Waals surface area contributed by atoms with Crippen LogP contribution in [0.4, 0.5) is 0 Å². The zero-order chi connectivity index (χ0) is 16.8. The van der Waals surface area contributed by atoms with Gasteiger partial charge in [0.25, 0.3) is 0 Å². The molecule has 1 aromatic heterocycles. The predicted molar refractivity (Wildman–Crippen MR) is 102 cm³/mol. The molecule has 0 saturated carbocycles. The molecule has 0 amide bonds. The molecule has 0 radical (unpaired) electrons. The number of nitrogens with zero attached hydrogens (tertiary/aromatic N) is 2. The topological polar surface area (TPSA) is 60.7 Å². The van der Waals surface area contributed by atoms with Gasteiger partial charge in [0, 0.05) is 12.7 Å². The number of thiocarbonyl (C=S) groups is 1. The Morgan fingerprint density at radius 2 is 1.92 bits per heavy atom. The molecule has 0 bridgehead atoms. The molecule has 24 heavy (non-hydrogen) atoms. The minimum absolute atomic E-state index is 0.458. The second-order valence-electron chi connectivity index (χ2n) is 4.97. The van der Waals surface area contributed by atoms with Gasteiger partial charge in [-0.3, -0.25) is 0 Å². The van der Waals surface area contributed by atoms with Crippen molar-refractivity contribution in [2.75, 3.05) is 0 Å². The van der Waals surface area contributed by atoms with Gasteiger partial charge in [-0.05, 0) is 29.9 Å². The number of benzene rings is 2. The summed E-state index contributed by atoms with van der Waals surface area (Å²) in [6, 6.07) is 20.0. The first-order valence-corrected chi connectivity index (χ1v) is 8.53. The van der Waals surface area contributed by atoms with Gasteiger partial charge in [0.1, 0.15) is 16.6 Å². The van der Waals surface area contributed by atoms with Gasteiger partial charge in [-0.25, -0.2) is 4.98 Å². The third-order valence-electron chi connectivity index (χ3n) is 3.29. The van der Waals surface area contributed by atoms with E-state index in [9.17, 15) is 5.26 Å². The number of fused-ring (bicyclic) bond motifs is 1. The SMILES string of the molecule is N#C/C(=C\NC(=S)NCc1ccccc1)c1nc2ccccc2s1. The first kappa shape index (κ1) is 16.1. The third kappa shape index (κ3) is 3.96. The summed E-state index contributed by atoms with van der Waals surface area (Å²) < 4.78 is 1.05. The molecule has 0 atom stereocenters. The number of nitriles is 1. The van der Waals surface area contributed by atoms with E-state index in [0.717, 1.165) is 15.8 Å². The summed E-state index contributed by atoms with van der Waals surface area (Å²) in [5.41, 5.74) is 2.49. The fourth-order valence-electron chi connectivity index (χ4n) is 2.10. The zero-order valence-corrected chi connectivity index (χ0v) is 14.3. The van der Waals surface area contributed by atoms with Crippen LogP contribution in [0.2, 0.25) is 0 Å². The van der Waals surface area contributed by atoms with Crippen LogP contribution in [-0.4, -0.2) is 10.1 Å². The highest BCUT2D eigenvalue weighted by atomic mass is 32.1. The maximum atomic E-state index is 9.37. The molecule has 6 heteroatoms. The van der Waals surface area contributed by atoms with Crippen molar-refractivity contribution in [2.24, 2.45) is 0 Å². The van der Waals surface area contributed by atoms with E-state index in [2.05, 4.69) is 21.7 Å². The maximum Gasteiger partial charge on any atom is 0.170 e. The molecule has 4 nitrogen and oxygen atoms in total. The van der Waals surface area contributed by atoms with Crippen molar-refractivity contribution in [3.05, 3.63) is 71.4 Å². The van der Waals surface area contributed by atoms with E-state index in [1.165, 1.54) is 11.3 Å². The average molecular weight is 350 g/mol. The Morgan fingerprint density at radius 3 is 2.67 bits per heavy atom. The van der Waals surface area contributed by atoms with Crippen LogP contribution in [-0.2, 0) is 6.54 Å². The van der Waals surface area contributed by atoms with Crippen molar-refractivity contribution in [1.29, 1.82) is 5.26 Å². The van der Waals surface area contributed by atoms with Crippen LogP contribution in [0.25, 0.3) is 15.8 Å². The van der Waals surface area contributed by atoms with Crippen LogP contribution in [0, 0.1) is 11.3 Å². The van der Waals surface area contributed by atoms with E-state index in [1.807, 2.05) is 54.6 Å². The smallest absolute Gasteiger partial charge is 0.170 e. The minimum Gasteiger partial charge on any atom is -0.358 e. The summed E-state index contributed by atoms with van der Waals surface area (Å²) in [7, 11) is 0. The number of nitrogens with one attached hydrogen (secondary N) is 2. The largest absolute Gasteiger partial charge is 0.358 e. The molecule has 118 valence electrons. The molecule has 0 fully saturated rings. The number of allylic oxidation sites excluding steroid dienone is 1. The molecule has 0 aliphatic heterocycles. The Labute approximate surface area is 149 Å². The van der Waals surface area contributed by atoms with Gasteiger partial charge in [-0.15, -0.1) is 11.3 Å². The summed E-state index contributed by atoms with van der Waals surface area (Å²) in [5, 5.41) is 16.6. The predicted octanol–water partition coefficient (Wildman–Crippen LogP) is 3.83. The van der Waals surface area contributed by atoms with Crippen molar-refractivity contribution >= 4 is 44.5 Å². The quantitative estimate of drug-likeness (QED) is 0.553. The monoisotopic (exact) mass is 350 g/mol. The Morgan fingerprint density at radius 1 is 1.17 bits per heavy atom. The highest BCUT2D eigenvalue weighted by molar-refractivity contribution is 7.80. The lowest BCUT2D eigenvalue weighted by Crippen LogP contribution is -2.31. The highest BCUT2D eigenvalue weighted by Gasteiger charge is 2.08. The molecule has 2 aromatic carbocycles. The summed E-state index contributed by atoms with van der Waals surface area (Å²) in [6.07, 6.45) is 1.60. The molecule has 3 aromatic rings. The highest BCUT2D eigenvalue weighted by Crippen LogP contribution is 2.26. The van der Waals surface area contributed by atoms with Crippen molar-refractivity contribution in [1.82, 2.24) is 15.6 Å².